The molecule has 1 N–H and O–H groups in total. The van der Waals surface area contributed by atoms with Gasteiger partial charge in [-0.2, -0.15) is 0 Å². The highest BCUT2D eigenvalue weighted by molar-refractivity contribution is 9.08. The number of benzene rings is 2. The lowest BCUT2D eigenvalue weighted by Gasteiger charge is -2.07. The van der Waals surface area contributed by atoms with E-state index in [9.17, 15) is 13.6 Å². The van der Waals surface area contributed by atoms with Gasteiger partial charge in [0.2, 0.25) is 5.91 Å². The third kappa shape index (κ3) is 3.63. The highest BCUT2D eigenvalue weighted by Crippen LogP contribution is 2.15. The Morgan fingerprint density at radius 1 is 1.05 bits per heavy atom. The molecule has 104 valence electrons. The number of hydrogen-bond donors (Lipinski definition) is 1. The molecule has 2 aromatic rings. The van der Waals surface area contributed by atoms with Crippen LogP contribution in [-0.2, 0) is 16.5 Å². The molecule has 2 aromatic carbocycles. The number of halogens is 3. The maximum absolute atomic E-state index is 13.4. The van der Waals surface area contributed by atoms with Crippen molar-refractivity contribution in [1.82, 2.24) is 0 Å². The van der Waals surface area contributed by atoms with E-state index in [0.29, 0.717) is 5.69 Å². The van der Waals surface area contributed by atoms with E-state index < -0.39 is 17.5 Å². The quantitative estimate of drug-likeness (QED) is 0.837. The van der Waals surface area contributed by atoms with Crippen molar-refractivity contribution < 1.29 is 13.6 Å². The van der Waals surface area contributed by atoms with Gasteiger partial charge in [0.05, 0.1) is 6.42 Å². The van der Waals surface area contributed by atoms with Crippen LogP contribution in [0.25, 0.3) is 0 Å². The number of hydrogen-bond acceptors (Lipinski definition) is 1. The Bertz CT molecular complexity index is 594. The Hall–Kier alpha value is -1.75. The Labute approximate surface area is 123 Å². The van der Waals surface area contributed by atoms with Crippen LogP contribution >= 0.6 is 15.9 Å². The first-order valence-corrected chi connectivity index (χ1v) is 7.10. The molecule has 0 radical (unpaired) electrons. The van der Waals surface area contributed by atoms with Crippen LogP contribution in [0, 0.1) is 11.6 Å². The van der Waals surface area contributed by atoms with Crippen molar-refractivity contribution in [2.24, 2.45) is 0 Å². The van der Waals surface area contributed by atoms with Gasteiger partial charge in [-0.1, -0.05) is 34.1 Å². The molecule has 0 aliphatic heterocycles. The average Bonchev–Trinajstić information content (AvgIpc) is 2.44. The van der Waals surface area contributed by atoms with Crippen LogP contribution in [0.5, 0.6) is 0 Å². The van der Waals surface area contributed by atoms with Gasteiger partial charge >= 0.3 is 0 Å². The van der Waals surface area contributed by atoms with Crippen molar-refractivity contribution in [3.05, 3.63) is 65.2 Å². The summed E-state index contributed by atoms with van der Waals surface area (Å²) in [6.45, 7) is 0. The molecule has 0 fully saturated rings. The average molecular weight is 340 g/mol. The van der Waals surface area contributed by atoms with E-state index in [4.69, 9.17) is 0 Å². The molecular formula is C15H12BrF2NO. The first-order valence-electron chi connectivity index (χ1n) is 5.98. The summed E-state index contributed by atoms with van der Waals surface area (Å²) < 4.78 is 26.8. The minimum absolute atomic E-state index is 0.220. The van der Waals surface area contributed by atoms with Gasteiger partial charge in [-0.3, -0.25) is 4.79 Å². The fourth-order valence-corrected chi connectivity index (χ4v) is 2.12. The van der Waals surface area contributed by atoms with Crippen LogP contribution in [-0.4, -0.2) is 5.91 Å². The van der Waals surface area contributed by atoms with Gasteiger partial charge in [0.15, 0.2) is 0 Å². The summed E-state index contributed by atoms with van der Waals surface area (Å²) in [6.07, 6.45) is -0.335. The molecule has 2 nitrogen and oxygen atoms in total. The summed E-state index contributed by atoms with van der Waals surface area (Å²) in [6, 6.07) is 10.7. The van der Waals surface area contributed by atoms with Crippen molar-refractivity contribution in [1.29, 1.82) is 0 Å². The van der Waals surface area contributed by atoms with Crippen molar-refractivity contribution in [3.63, 3.8) is 0 Å². The van der Waals surface area contributed by atoms with E-state index in [0.717, 1.165) is 23.0 Å². The van der Waals surface area contributed by atoms with E-state index in [1.54, 1.807) is 12.1 Å². The molecule has 0 heterocycles. The molecule has 0 unspecified atom stereocenters. The molecule has 0 aliphatic carbocycles. The topological polar surface area (TPSA) is 29.1 Å². The van der Waals surface area contributed by atoms with E-state index in [1.165, 1.54) is 6.07 Å². The third-order valence-corrected chi connectivity index (χ3v) is 3.44. The molecule has 0 saturated carbocycles. The maximum Gasteiger partial charge on any atom is 0.229 e. The molecular weight excluding hydrogens is 328 g/mol. The van der Waals surface area contributed by atoms with Crippen LogP contribution in [0.4, 0.5) is 14.5 Å². The van der Waals surface area contributed by atoms with Crippen LogP contribution in [0.15, 0.2) is 42.5 Å². The van der Waals surface area contributed by atoms with Crippen LogP contribution < -0.4 is 5.32 Å². The Morgan fingerprint density at radius 3 is 2.20 bits per heavy atom. The first kappa shape index (κ1) is 14.7. The van der Waals surface area contributed by atoms with E-state index in [-0.39, 0.29) is 12.0 Å². The molecule has 1 amide bonds. The highest BCUT2D eigenvalue weighted by atomic mass is 79.9. The van der Waals surface area contributed by atoms with E-state index >= 15 is 0 Å². The zero-order valence-corrected chi connectivity index (χ0v) is 12.1. The Kier molecular flexibility index (Phi) is 4.84. The van der Waals surface area contributed by atoms with Gasteiger partial charge in [-0.05, 0) is 29.8 Å². The van der Waals surface area contributed by atoms with Crippen LogP contribution in [0.2, 0.25) is 0 Å². The fraction of sp³-hybridized carbons (Fsp3) is 0.133. The summed E-state index contributed by atoms with van der Waals surface area (Å²) in [5, 5.41) is 3.33. The second-order valence-corrected chi connectivity index (χ2v) is 4.82. The number of alkyl halides is 1. The molecule has 2 rings (SSSR count). The number of rotatable bonds is 4. The summed E-state index contributed by atoms with van der Waals surface area (Å²) >= 11 is 3.32. The predicted octanol–water partition coefficient (Wildman–Crippen LogP) is 4.04. The Balaban J connectivity index is 2.05. The van der Waals surface area contributed by atoms with Gasteiger partial charge < -0.3 is 5.32 Å². The Morgan fingerprint density at radius 2 is 1.65 bits per heavy atom. The van der Waals surface area contributed by atoms with Crippen molar-refractivity contribution >= 4 is 27.5 Å². The molecule has 0 aliphatic rings. The lowest BCUT2D eigenvalue weighted by molar-refractivity contribution is -0.115. The first-order chi connectivity index (χ1) is 9.60. The van der Waals surface area contributed by atoms with Gasteiger partial charge in [0.1, 0.15) is 11.6 Å². The summed E-state index contributed by atoms with van der Waals surface area (Å²) in [5.41, 5.74) is 1.45. The summed E-state index contributed by atoms with van der Waals surface area (Å²) in [5.74, 6) is -1.88. The zero-order valence-electron chi connectivity index (χ0n) is 10.5. The van der Waals surface area contributed by atoms with E-state index in [2.05, 4.69) is 21.2 Å². The number of nitrogens with one attached hydrogen (secondary N) is 1. The molecule has 0 bridgehead atoms. The maximum atomic E-state index is 13.4. The largest absolute Gasteiger partial charge is 0.326 e. The molecule has 0 saturated heterocycles. The lowest BCUT2D eigenvalue weighted by atomic mass is 10.1. The molecule has 0 atom stereocenters. The van der Waals surface area contributed by atoms with Gasteiger partial charge in [-0.15, -0.1) is 0 Å². The number of anilines is 1. The smallest absolute Gasteiger partial charge is 0.229 e. The zero-order chi connectivity index (χ0) is 14.5. The minimum atomic E-state index is -0.713. The van der Waals surface area contributed by atoms with Crippen LogP contribution in [0.1, 0.15) is 11.1 Å². The highest BCUT2D eigenvalue weighted by Gasteiger charge is 2.13. The second-order valence-electron chi connectivity index (χ2n) is 4.26. The van der Waals surface area contributed by atoms with Gasteiger partial charge in [0, 0.05) is 16.6 Å². The monoisotopic (exact) mass is 339 g/mol. The van der Waals surface area contributed by atoms with E-state index in [1.807, 2.05) is 12.1 Å². The van der Waals surface area contributed by atoms with Crippen molar-refractivity contribution in [2.45, 2.75) is 11.8 Å². The normalized spacial score (nSPS) is 10.3. The standard InChI is InChI=1S/C15H12BrF2NO/c16-9-10-4-6-11(7-5-10)19-15(20)8-12-13(17)2-1-3-14(12)18/h1-7H,8-9H2,(H,19,20). The van der Waals surface area contributed by atoms with Crippen molar-refractivity contribution in [3.8, 4) is 0 Å². The molecule has 0 aromatic heterocycles. The van der Waals surface area contributed by atoms with Crippen molar-refractivity contribution in [2.75, 3.05) is 5.32 Å². The molecule has 20 heavy (non-hydrogen) atoms. The molecule has 5 heteroatoms. The van der Waals surface area contributed by atoms with Gasteiger partial charge in [-0.25, -0.2) is 8.78 Å². The van der Waals surface area contributed by atoms with Gasteiger partial charge in [0.25, 0.3) is 0 Å². The number of carbonyl (C=O) groups excluding carboxylic acids is 1. The minimum Gasteiger partial charge on any atom is -0.326 e. The molecule has 0 spiro atoms. The van der Waals surface area contributed by atoms with Crippen LogP contribution in [0.3, 0.4) is 0 Å². The third-order valence-electron chi connectivity index (χ3n) is 2.79. The SMILES string of the molecule is O=C(Cc1c(F)cccc1F)Nc1ccc(CBr)cc1. The fourth-order valence-electron chi connectivity index (χ4n) is 1.74. The number of amides is 1. The summed E-state index contributed by atoms with van der Waals surface area (Å²) in [7, 11) is 0. The lowest BCUT2D eigenvalue weighted by Crippen LogP contribution is -2.16. The predicted molar refractivity (Wildman–Crippen MR) is 77.8 cm³/mol. The second kappa shape index (κ2) is 6.61. The number of carbonyl (C=O) groups is 1. The summed E-state index contributed by atoms with van der Waals surface area (Å²) in [4.78, 5) is 11.8.